The molecule has 0 unspecified atom stereocenters. The first-order valence-electron chi connectivity index (χ1n) is 5.39. The number of benzene rings is 2. The Kier molecular flexibility index (Phi) is 4.10. The molecule has 94 valence electrons. The van der Waals surface area contributed by atoms with Crippen LogP contribution in [0.5, 0.6) is 5.75 Å². The van der Waals surface area contributed by atoms with Gasteiger partial charge in [0.15, 0.2) is 0 Å². The van der Waals surface area contributed by atoms with Crippen LogP contribution in [-0.2, 0) is 6.61 Å². The van der Waals surface area contributed by atoms with E-state index >= 15 is 0 Å². The monoisotopic (exact) mass is 284 g/mol. The van der Waals surface area contributed by atoms with E-state index in [1.165, 1.54) is 12.1 Å². The molecule has 0 saturated heterocycles. The summed E-state index contributed by atoms with van der Waals surface area (Å²) in [7, 11) is 0. The summed E-state index contributed by atoms with van der Waals surface area (Å²) in [6.45, 7) is 2.09. The van der Waals surface area contributed by atoms with Crippen LogP contribution < -0.4 is 4.74 Å². The van der Waals surface area contributed by atoms with E-state index in [1.54, 1.807) is 31.2 Å². The SMILES string of the molecule is Cc1cc(F)ccc1OCc1cc(Cl)ccc1Cl. The molecule has 18 heavy (non-hydrogen) atoms. The predicted molar refractivity (Wildman–Crippen MR) is 71.9 cm³/mol. The van der Waals surface area contributed by atoms with Gasteiger partial charge in [-0.1, -0.05) is 23.2 Å². The summed E-state index contributed by atoms with van der Waals surface area (Å²) in [6, 6.07) is 9.58. The molecular formula is C14H11Cl2FO. The highest BCUT2D eigenvalue weighted by molar-refractivity contribution is 6.33. The third-order valence-electron chi connectivity index (χ3n) is 2.53. The molecule has 4 heteroatoms. The Morgan fingerprint density at radius 2 is 1.89 bits per heavy atom. The first-order chi connectivity index (χ1) is 8.56. The van der Waals surface area contributed by atoms with Crippen LogP contribution in [0.25, 0.3) is 0 Å². The summed E-state index contributed by atoms with van der Waals surface area (Å²) in [5.74, 6) is 0.355. The molecule has 0 heterocycles. The van der Waals surface area contributed by atoms with Crippen molar-refractivity contribution in [2.45, 2.75) is 13.5 Å². The van der Waals surface area contributed by atoms with Gasteiger partial charge < -0.3 is 4.74 Å². The van der Waals surface area contributed by atoms with E-state index in [0.29, 0.717) is 22.4 Å². The van der Waals surface area contributed by atoms with E-state index in [9.17, 15) is 4.39 Å². The molecule has 0 spiro atoms. The van der Waals surface area contributed by atoms with Gasteiger partial charge in [-0.15, -0.1) is 0 Å². The van der Waals surface area contributed by atoms with E-state index < -0.39 is 0 Å². The highest BCUT2D eigenvalue weighted by Crippen LogP contribution is 2.24. The normalized spacial score (nSPS) is 10.4. The minimum Gasteiger partial charge on any atom is -0.489 e. The summed E-state index contributed by atoms with van der Waals surface area (Å²) in [4.78, 5) is 0. The summed E-state index contributed by atoms with van der Waals surface area (Å²) < 4.78 is 18.5. The van der Waals surface area contributed by atoms with Crippen LogP contribution in [0.15, 0.2) is 36.4 Å². The molecule has 0 amide bonds. The average Bonchev–Trinajstić information content (AvgIpc) is 2.32. The lowest BCUT2D eigenvalue weighted by Gasteiger charge is -2.10. The second-order valence-corrected chi connectivity index (χ2v) is 4.78. The van der Waals surface area contributed by atoms with Crippen LogP contribution in [0.3, 0.4) is 0 Å². The summed E-state index contributed by atoms with van der Waals surface area (Å²) in [5, 5.41) is 1.20. The molecular weight excluding hydrogens is 274 g/mol. The number of halogens is 3. The fraction of sp³-hybridized carbons (Fsp3) is 0.143. The maximum absolute atomic E-state index is 12.9. The number of hydrogen-bond donors (Lipinski definition) is 0. The second-order valence-electron chi connectivity index (χ2n) is 3.93. The van der Waals surface area contributed by atoms with Gasteiger partial charge in [0, 0.05) is 15.6 Å². The van der Waals surface area contributed by atoms with E-state index in [4.69, 9.17) is 27.9 Å². The lowest BCUT2D eigenvalue weighted by molar-refractivity contribution is 0.303. The average molecular weight is 285 g/mol. The van der Waals surface area contributed by atoms with Crippen molar-refractivity contribution < 1.29 is 9.13 Å². The number of rotatable bonds is 3. The van der Waals surface area contributed by atoms with Gasteiger partial charge in [0.2, 0.25) is 0 Å². The van der Waals surface area contributed by atoms with Crippen LogP contribution in [0.1, 0.15) is 11.1 Å². The van der Waals surface area contributed by atoms with Gasteiger partial charge in [0.1, 0.15) is 18.2 Å². The van der Waals surface area contributed by atoms with Gasteiger partial charge in [0.25, 0.3) is 0 Å². The number of ether oxygens (including phenoxy) is 1. The van der Waals surface area contributed by atoms with Gasteiger partial charge in [-0.3, -0.25) is 0 Å². The third-order valence-corrected chi connectivity index (χ3v) is 3.13. The molecule has 0 fully saturated rings. The number of hydrogen-bond acceptors (Lipinski definition) is 1. The summed E-state index contributed by atoms with van der Waals surface area (Å²) in [5.41, 5.74) is 1.54. The highest BCUT2D eigenvalue weighted by atomic mass is 35.5. The van der Waals surface area contributed by atoms with Gasteiger partial charge in [-0.25, -0.2) is 4.39 Å². The molecule has 0 bridgehead atoms. The summed E-state index contributed by atoms with van der Waals surface area (Å²) in [6.07, 6.45) is 0. The van der Waals surface area contributed by atoms with E-state index in [-0.39, 0.29) is 5.82 Å². The zero-order valence-electron chi connectivity index (χ0n) is 9.71. The first-order valence-corrected chi connectivity index (χ1v) is 6.15. The van der Waals surface area contributed by atoms with Crippen molar-refractivity contribution in [2.24, 2.45) is 0 Å². The zero-order chi connectivity index (χ0) is 13.1. The molecule has 0 radical (unpaired) electrons. The molecule has 0 aromatic heterocycles. The Hall–Kier alpha value is -1.25. The standard InChI is InChI=1S/C14H11Cl2FO/c1-9-6-12(17)3-5-14(9)18-8-10-7-11(15)2-4-13(10)16/h2-7H,8H2,1H3. The minimum atomic E-state index is -0.277. The quantitative estimate of drug-likeness (QED) is 0.769. The second kappa shape index (κ2) is 5.59. The topological polar surface area (TPSA) is 9.23 Å². The lowest BCUT2D eigenvalue weighted by atomic mass is 10.2. The molecule has 0 N–H and O–H groups in total. The molecule has 0 aliphatic rings. The van der Waals surface area contributed by atoms with E-state index in [0.717, 1.165) is 11.1 Å². The Morgan fingerprint density at radius 1 is 1.11 bits per heavy atom. The van der Waals surface area contributed by atoms with Crippen LogP contribution in [0.4, 0.5) is 4.39 Å². The third kappa shape index (κ3) is 3.15. The largest absolute Gasteiger partial charge is 0.489 e. The molecule has 2 aromatic rings. The molecule has 0 aliphatic heterocycles. The lowest BCUT2D eigenvalue weighted by Crippen LogP contribution is -1.98. The fourth-order valence-electron chi connectivity index (χ4n) is 1.58. The van der Waals surface area contributed by atoms with Crippen LogP contribution >= 0.6 is 23.2 Å². The Morgan fingerprint density at radius 3 is 2.61 bits per heavy atom. The zero-order valence-corrected chi connectivity index (χ0v) is 11.2. The summed E-state index contributed by atoms with van der Waals surface area (Å²) >= 11 is 11.9. The maximum Gasteiger partial charge on any atom is 0.123 e. The highest BCUT2D eigenvalue weighted by Gasteiger charge is 2.05. The van der Waals surface area contributed by atoms with Gasteiger partial charge in [-0.2, -0.15) is 0 Å². The van der Waals surface area contributed by atoms with Gasteiger partial charge >= 0.3 is 0 Å². The van der Waals surface area contributed by atoms with Crippen LogP contribution in [-0.4, -0.2) is 0 Å². The van der Waals surface area contributed by atoms with Crippen molar-refractivity contribution >= 4 is 23.2 Å². The van der Waals surface area contributed by atoms with Crippen molar-refractivity contribution in [1.82, 2.24) is 0 Å². The number of aryl methyl sites for hydroxylation is 1. The molecule has 0 aliphatic carbocycles. The van der Waals surface area contributed by atoms with Crippen molar-refractivity contribution in [3.05, 3.63) is 63.4 Å². The van der Waals surface area contributed by atoms with E-state index in [1.807, 2.05) is 0 Å². The van der Waals surface area contributed by atoms with E-state index in [2.05, 4.69) is 0 Å². The smallest absolute Gasteiger partial charge is 0.123 e. The first kappa shape index (κ1) is 13.2. The van der Waals surface area contributed by atoms with Crippen molar-refractivity contribution in [1.29, 1.82) is 0 Å². The van der Waals surface area contributed by atoms with Gasteiger partial charge in [0.05, 0.1) is 0 Å². The Bertz CT molecular complexity index is 570. The minimum absolute atomic E-state index is 0.277. The van der Waals surface area contributed by atoms with Crippen LogP contribution in [0.2, 0.25) is 10.0 Å². The molecule has 1 nitrogen and oxygen atoms in total. The Labute approximate surface area is 115 Å². The molecule has 0 atom stereocenters. The van der Waals surface area contributed by atoms with Gasteiger partial charge in [-0.05, 0) is 48.9 Å². The van der Waals surface area contributed by atoms with Crippen molar-refractivity contribution in [2.75, 3.05) is 0 Å². The van der Waals surface area contributed by atoms with Crippen LogP contribution in [0, 0.1) is 12.7 Å². The fourth-order valence-corrected chi connectivity index (χ4v) is 1.95. The molecule has 2 rings (SSSR count). The van der Waals surface area contributed by atoms with Crippen molar-refractivity contribution in [3.8, 4) is 5.75 Å². The maximum atomic E-state index is 12.9. The predicted octanol–water partition coefficient (Wildman–Crippen LogP) is 5.02. The van der Waals surface area contributed by atoms with Crippen molar-refractivity contribution in [3.63, 3.8) is 0 Å². The molecule has 2 aromatic carbocycles. The molecule has 0 saturated carbocycles. The Balaban J connectivity index is 2.13.